The number of rotatable bonds is 2. The predicted molar refractivity (Wildman–Crippen MR) is 63.9 cm³/mol. The van der Waals surface area contributed by atoms with Crippen molar-refractivity contribution in [1.29, 1.82) is 0 Å². The normalized spacial score (nSPS) is 20.3. The van der Waals surface area contributed by atoms with Gasteiger partial charge in [-0.2, -0.15) is 0 Å². The second-order valence-corrected chi connectivity index (χ2v) is 5.47. The van der Waals surface area contributed by atoms with Crippen LogP contribution in [-0.4, -0.2) is 40.3 Å². The number of amides is 1. The summed E-state index contributed by atoms with van der Waals surface area (Å²) >= 11 is 1.40. The lowest BCUT2D eigenvalue weighted by atomic mass is 10.2. The van der Waals surface area contributed by atoms with Gasteiger partial charge in [0.25, 0.3) is 5.91 Å². The molecule has 17 heavy (non-hydrogen) atoms. The summed E-state index contributed by atoms with van der Waals surface area (Å²) in [6.45, 7) is 6.32. The SMILES string of the molecule is Cc1nc(C(C)C)sc1C(=O)N1C[C@@H](O)CO1. The van der Waals surface area contributed by atoms with Crippen LogP contribution in [0.3, 0.4) is 0 Å². The van der Waals surface area contributed by atoms with Gasteiger partial charge >= 0.3 is 0 Å². The average Bonchev–Trinajstić information content (AvgIpc) is 2.84. The quantitative estimate of drug-likeness (QED) is 0.867. The van der Waals surface area contributed by atoms with Gasteiger partial charge < -0.3 is 5.11 Å². The molecule has 1 saturated heterocycles. The van der Waals surface area contributed by atoms with Crippen molar-refractivity contribution in [1.82, 2.24) is 10.0 Å². The summed E-state index contributed by atoms with van der Waals surface area (Å²) in [6.07, 6.45) is -0.586. The van der Waals surface area contributed by atoms with Crippen LogP contribution >= 0.6 is 11.3 Å². The van der Waals surface area contributed by atoms with Crippen LogP contribution in [0.15, 0.2) is 0 Å². The van der Waals surface area contributed by atoms with Gasteiger partial charge in [-0.25, -0.2) is 10.0 Å². The maximum atomic E-state index is 12.1. The van der Waals surface area contributed by atoms with E-state index in [1.54, 1.807) is 0 Å². The number of aromatic nitrogens is 1. The average molecular weight is 256 g/mol. The van der Waals surface area contributed by atoms with E-state index < -0.39 is 6.10 Å². The van der Waals surface area contributed by atoms with E-state index in [4.69, 9.17) is 4.84 Å². The van der Waals surface area contributed by atoms with Crippen LogP contribution in [-0.2, 0) is 4.84 Å². The molecule has 2 heterocycles. The van der Waals surface area contributed by atoms with Gasteiger partial charge in [0.1, 0.15) is 17.6 Å². The first-order valence-corrected chi connectivity index (χ1v) is 6.41. The molecule has 1 fully saturated rings. The molecule has 2 rings (SSSR count). The van der Waals surface area contributed by atoms with E-state index in [0.717, 1.165) is 10.7 Å². The molecule has 0 unspecified atom stereocenters. The van der Waals surface area contributed by atoms with Gasteiger partial charge in [-0.3, -0.25) is 9.63 Å². The Bertz CT molecular complexity index is 430. The minimum Gasteiger partial charge on any atom is -0.389 e. The topological polar surface area (TPSA) is 62.7 Å². The maximum absolute atomic E-state index is 12.1. The fourth-order valence-electron chi connectivity index (χ4n) is 1.59. The number of nitrogens with zero attached hydrogens (tertiary/aromatic N) is 2. The van der Waals surface area contributed by atoms with E-state index in [1.807, 2.05) is 20.8 Å². The summed E-state index contributed by atoms with van der Waals surface area (Å²) in [5.74, 6) is 0.105. The fourth-order valence-corrected chi connectivity index (χ4v) is 2.60. The monoisotopic (exact) mass is 256 g/mol. The van der Waals surface area contributed by atoms with Gasteiger partial charge in [0.2, 0.25) is 0 Å². The van der Waals surface area contributed by atoms with Crippen molar-refractivity contribution in [3.05, 3.63) is 15.6 Å². The number of aryl methyl sites for hydroxylation is 1. The molecule has 6 heteroatoms. The molecule has 1 aliphatic heterocycles. The lowest BCUT2D eigenvalue weighted by Crippen LogP contribution is -2.28. The van der Waals surface area contributed by atoms with Gasteiger partial charge in [-0.1, -0.05) is 13.8 Å². The zero-order chi connectivity index (χ0) is 12.6. The van der Waals surface area contributed by atoms with E-state index >= 15 is 0 Å². The second kappa shape index (κ2) is 4.72. The first-order valence-electron chi connectivity index (χ1n) is 5.59. The standard InChI is InChI=1S/C11H16N2O3S/c1-6(2)10-12-7(3)9(17-10)11(15)13-4-8(14)5-16-13/h6,8,14H,4-5H2,1-3H3/t8-/m1/s1. The molecule has 1 aromatic rings. The number of β-amino-alcohol motifs (C(OH)–C–C–N with tert-alkyl or cyclic N) is 1. The number of carbonyl (C=O) groups excluding carboxylic acids is 1. The molecule has 0 saturated carbocycles. The Hall–Kier alpha value is -0.980. The van der Waals surface area contributed by atoms with Gasteiger partial charge in [0, 0.05) is 5.92 Å². The third-order valence-electron chi connectivity index (χ3n) is 2.53. The van der Waals surface area contributed by atoms with E-state index in [1.165, 1.54) is 16.4 Å². The maximum Gasteiger partial charge on any atom is 0.289 e. The molecule has 0 radical (unpaired) electrons. The summed E-state index contributed by atoms with van der Waals surface area (Å²) in [4.78, 5) is 22.2. The van der Waals surface area contributed by atoms with Crippen molar-refractivity contribution < 1.29 is 14.7 Å². The van der Waals surface area contributed by atoms with E-state index in [2.05, 4.69) is 4.98 Å². The van der Waals surface area contributed by atoms with Crippen LogP contribution in [0.2, 0.25) is 0 Å². The molecule has 0 spiro atoms. The largest absolute Gasteiger partial charge is 0.389 e. The lowest BCUT2D eigenvalue weighted by molar-refractivity contribution is -0.0777. The minimum atomic E-state index is -0.586. The van der Waals surface area contributed by atoms with Crippen molar-refractivity contribution in [2.24, 2.45) is 0 Å². The Balaban J connectivity index is 2.19. The van der Waals surface area contributed by atoms with Gasteiger partial charge in [-0.15, -0.1) is 11.3 Å². The molecule has 94 valence electrons. The molecule has 1 amide bonds. The molecular weight excluding hydrogens is 240 g/mol. The highest BCUT2D eigenvalue weighted by molar-refractivity contribution is 7.13. The highest BCUT2D eigenvalue weighted by Gasteiger charge is 2.29. The molecule has 5 nitrogen and oxygen atoms in total. The number of thiazole rings is 1. The Morgan fingerprint density at radius 2 is 2.35 bits per heavy atom. The molecular formula is C11H16N2O3S. The molecule has 0 bridgehead atoms. The van der Waals surface area contributed by atoms with Crippen LogP contribution in [0.25, 0.3) is 0 Å². The Kier molecular flexibility index (Phi) is 3.46. The molecule has 0 aromatic carbocycles. The molecule has 1 N–H and O–H groups in total. The van der Waals surface area contributed by atoms with E-state index in [0.29, 0.717) is 10.8 Å². The summed E-state index contributed by atoms with van der Waals surface area (Å²) in [7, 11) is 0. The zero-order valence-corrected chi connectivity index (χ0v) is 11.0. The van der Waals surface area contributed by atoms with E-state index in [-0.39, 0.29) is 19.1 Å². The van der Waals surface area contributed by atoms with Crippen molar-refractivity contribution >= 4 is 17.2 Å². The number of aliphatic hydroxyl groups excluding tert-OH is 1. The van der Waals surface area contributed by atoms with Crippen LogP contribution in [0.1, 0.15) is 40.1 Å². The smallest absolute Gasteiger partial charge is 0.289 e. The molecule has 1 aliphatic rings. The van der Waals surface area contributed by atoms with Crippen LogP contribution < -0.4 is 0 Å². The highest BCUT2D eigenvalue weighted by Crippen LogP contribution is 2.26. The fraction of sp³-hybridized carbons (Fsp3) is 0.636. The van der Waals surface area contributed by atoms with Crippen molar-refractivity contribution in [3.63, 3.8) is 0 Å². The Morgan fingerprint density at radius 1 is 1.65 bits per heavy atom. The molecule has 0 aliphatic carbocycles. The number of carbonyl (C=O) groups is 1. The van der Waals surface area contributed by atoms with Crippen molar-refractivity contribution in [3.8, 4) is 0 Å². The highest BCUT2D eigenvalue weighted by atomic mass is 32.1. The van der Waals surface area contributed by atoms with Crippen molar-refractivity contribution in [2.75, 3.05) is 13.2 Å². The summed E-state index contributed by atoms with van der Waals surface area (Å²) in [6, 6.07) is 0. The summed E-state index contributed by atoms with van der Waals surface area (Å²) < 4.78 is 0. The third kappa shape index (κ3) is 2.48. The number of aliphatic hydroxyl groups is 1. The van der Waals surface area contributed by atoms with Gasteiger partial charge in [-0.05, 0) is 6.92 Å². The van der Waals surface area contributed by atoms with Crippen LogP contribution in [0.4, 0.5) is 0 Å². The first-order chi connectivity index (χ1) is 7.99. The van der Waals surface area contributed by atoms with Gasteiger partial charge in [0.15, 0.2) is 0 Å². The molecule has 1 atom stereocenters. The van der Waals surface area contributed by atoms with E-state index in [9.17, 15) is 9.90 Å². The lowest BCUT2D eigenvalue weighted by Gasteiger charge is -2.12. The second-order valence-electron chi connectivity index (χ2n) is 4.44. The van der Waals surface area contributed by atoms with Crippen LogP contribution in [0, 0.1) is 6.92 Å². The number of hydrogen-bond donors (Lipinski definition) is 1. The number of hydrogen-bond acceptors (Lipinski definition) is 5. The third-order valence-corrected chi connectivity index (χ3v) is 3.97. The summed E-state index contributed by atoms with van der Waals surface area (Å²) in [5.41, 5.74) is 0.730. The van der Waals surface area contributed by atoms with Gasteiger partial charge in [0.05, 0.1) is 17.2 Å². The Morgan fingerprint density at radius 3 is 2.82 bits per heavy atom. The zero-order valence-electron chi connectivity index (χ0n) is 10.1. The van der Waals surface area contributed by atoms with Crippen molar-refractivity contribution in [2.45, 2.75) is 32.8 Å². The predicted octanol–water partition coefficient (Wildman–Crippen LogP) is 1.32. The number of hydroxylamine groups is 2. The molecule has 1 aromatic heterocycles. The first kappa shape index (κ1) is 12.5. The Labute approximate surface area is 104 Å². The van der Waals surface area contributed by atoms with Crippen LogP contribution in [0.5, 0.6) is 0 Å². The summed E-state index contributed by atoms with van der Waals surface area (Å²) in [5, 5.41) is 11.5. The minimum absolute atomic E-state index is 0.181.